The number of ether oxygens (including phenoxy) is 2. The van der Waals surface area contributed by atoms with Gasteiger partial charge in [0, 0.05) is 6.54 Å². The molecule has 0 spiro atoms. The van der Waals surface area contributed by atoms with Crippen molar-refractivity contribution >= 4 is 29.8 Å². The minimum absolute atomic E-state index is 0.101. The molecule has 1 aliphatic rings. The summed E-state index contributed by atoms with van der Waals surface area (Å²) in [5.74, 6) is -2.30. The molecule has 1 heterocycles. The molecule has 42 heavy (non-hydrogen) atoms. The standard InChI is InChI=1S/C31H39N3O8/c1-21(27(36)33-17-11-16-25(33)28(37)38)34(30(40)41-20-23-14-9-6-10-15-23)19-26(35)24(18-22-12-7-5-8-13-22)32-29(39)42-31(2,3)4/h5-10,12-15,21,24-25H,11,16-20H2,1-4H3,(H,32,39)(H,37,38)/t21-,24?,25-/m0/s1. The Morgan fingerprint density at radius 2 is 1.60 bits per heavy atom. The Balaban J connectivity index is 1.86. The summed E-state index contributed by atoms with van der Waals surface area (Å²) in [6.45, 7) is 6.07. The van der Waals surface area contributed by atoms with E-state index >= 15 is 0 Å². The van der Waals surface area contributed by atoms with Crippen LogP contribution in [-0.4, -0.2) is 81.6 Å². The number of hydrogen-bond acceptors (Lipinski definition) is 7. The van der Waals surface area contributed by atoms with Gasteiger partial charge in [0.2, 0.25) is 5.91 Å². The first-order chi connectivity index (χ1) is 19.9. The minimum atomic E-state index is -1.21. The summed E-state index contributed by atoms with van der Waals surface area (Å²) < 4.78 is 10.8. The zero-order valence-corrected chi connectivity index (χ0v) is 24.4. The van der Waals surface area contributed by atoms with E-state index in [1.165, 1.54) is 11.8 Å². The first-order valence-corrected chi connectivity index (χ1v) is 13.9. The van der Waals surface area contributed by atoms with E-state index in [0.717, 1.165) is 10.5 Å². The zero-order valence-electron chi connectivity index (χ0n) is 24.4. The maximum absolute atomic E-state index is 13.7. The lowest BCUT2D eigenvalue weighted by atomic mass is 10.0. The van der Waals surface area contributed by atoms with Crippen LogP contribution in [-0.2, 0) is 36.9 Å². The molecule has 0 aromatic heterocycles. The summed E-state index contributed by atoms with van der Waals surface area (Å²) in [6.07, 6.45) is -0.813. The van der Waals surface area contributed by atoms with Crippen molar-refractivity contribution in [3.8, 4) is 0 Å². The van der Waals surface area contributed by atoms with Crippen molar-refractivity contribution in [2.45, 2.75) is 77.3 Å². The molecule has 0 radical (unpaired) electrons. The van der Waals surface area contributed by atoms with Gasteiger partial charge in [0.15, 0.2) is 5.78 Å². The van der Waals surface area contributed by atoms with Crippen LogP contribution < -0.4 is 5.32 Å². The third-order valence-electron chi connectivity index (χ3n) is 6.77. The van der Waals surface area contributed by atoms with Crippen molar-refractivity contribution in [3.63, 3.8) is 0 Å². The summed E-state index contributed by atoms with van der Waals surface area (Å²) in [4.78, 5) is 67.2. The number of nitrogens with zero attached hydrogens (tertiary/aromatic N) is 2. The van der Waals surface area contributed by atoms with Crippen LogP contribution in [0.4, 0.5) is 9.59 Å². The fourth-order valence-electron chi connectivity index (χ4n) is 4.65. The number of rotatable bonds is 11. The predicted octanol–water partition coefficient (Wildman–Crippen LogP) is 3.79. The van der Waals surface area contributed by atoms with Gasteiger partial charge in [0.25, 0.3) is 0 Å². The van der Waals surface area contributed by atoms with E-state index < -0.39 is 60.1 Å². The third-order valence-corrected chi connectivity index (χ3v) is 6.77. The summed E-state index contributed by atoms with van der Waals surface area (Å²) in [5, 5.41) is 12.2. The Labute approximate surface area is 245 Å². The molecule has 0 saturated carbocycles. The largest absolute Gasteiger partial charge is 0.480 e. The molecular weight excluding hydrogens is 542 g/mol. The van der Waals surface area contributed by atoms with Gasteiger partial charge in [-0.05, 0) is 58.1 Å². The summed E-state index contributed by atoms with van der Waals surface area (Å²) in [5.41, 5.74) is 0.653. The average molecular weight is 582 g/mol. The van der Waals surface area contributed by atoms with Crippen molar-refractivity contribution in [3.05, 3.63) is 71.8 Å². The molecule has 0 aliphatic carbocycles. The molecule has 0 bridgehead atoms. The normalized spacial score (nSPS) is 16.2. The molecule has 3 amide bonds. The van der Waals surface area contributed by atoms with Gasteiger partial charge in [-0.15, -0.1) is 0 Å². The number of carboxylic acids is 1. The summed E-state index contributed by atoms with van der Waals surface area (Å²) in [7, 11) is 0. The van der Waals surface area contributed by atoms with Crippen molar-refractivity contribution in [1.29, 1.82) is 0 Å². The van der Waals surface area contributed by atoms with Gasteiger partial charge in [0.1, 0.15) is 24.3 Å². The molecule has 11 nitrogen and oxygen atoms in total. The highest BCUT2D eigenvalue weighted by molar-refractivity contribution is 5.94. The van der Waals surface area contributed by atoms with Crippen molar-refractivity contribution in [2.75, 3.05) is 13.1 Å². The molecule has 3 rings (SSSR count). The second-order valence-electron chi connectivity index (χ2n) is 11.2. The van der Waals surface area contributed by atoms with E-state index in [1.54, 1.807) is 69.3 Å². The summed E-state index contributed by atoms with van der Waals surface area (Å²) in [6, 6.07) is 14.6. The smallest absolute Gasteiger partial charge is 0.411 e. The maximum Gasteiger partial charge on any atom is 0.411 e. The van der Waals surface area contributed by atoms with Gasteiger partial charge < -0.3 is 24.8 Å². The number of aliphatic carboxylic acids is 1. The van der Waals surface area contributed by atoms with Crippen LogP contribution in [0.5, 0.6) is 0 Å². The molecule has 1 fully saturated rings. The first kappa shape index (κ1) is 32.1. The Kier molecular flexibility index (Phi) is 11.1. The van der Waals surface area contributed by atoms with Crippen LogP contribution in [0, 0.1) is 0 Å². The molecule has 2 N–H and O–H groups in total. The number of hydrogen-bond donors (Lipinski definition) is 2. The van der Waals surface area contributed by atoms with Gasteiger partial charge in [-0.2, -0.15) is 0 Å². The van der Waals surface area contributed by atoms with Gasteiger partial charge >= 0.3 is 18.2 Å². The highest BCUT2D eigenvalue weighted by Crippen LogP contribution is 2.21. The Morgan fingerprint density at radius 1 is 1.00 bits per heavy atom. The van der Waals surface area contributed by atoms with Crippen molar-refractivity contribution in [2.24, 2.45) is 0 Å². The highest BCUT2D eigenvalue weighted by Gasteiger charge is 2.40. The molecule has 1 saturated heterocycles. The van der Waals surface area contributed by atoms with Crippen LogP contribution in [0.3, 0.4) is 0 Å². The Bertz CT molecular complexity index is 1250. The molecule has 3 atom stereocenters. The lowest BCUT2D eigenvalue weighted by Gasteiger charge is -2.32. The number of carbonyl (C=O) groups excluding carboxylic acids is 4. The van der Waals surface area contributed by atoms with E-state index in [2.05, 4.69) is 5.32 Å². The monoisotopic (exact) mass is 581 g/mol. The quantitative estimate of drug-likeness (QED) is 0.408. The lowest BCUT2D eigenvalue weighted by molar-refractivity contribution is -0.150. The number of amides is 3. The van der Waals surface area contributed by atoms with Crippen LogP contribution in [0.1, 0.15) is 51.7 Å². The molecule has 1 unspecified atom stereocenters. The Hall–Kier alpha value is -4.41. The number of Topliss-reactive ketones (excluding diaryl/α,β-unsaturated/α-hetero) is 1. The van der Waals surface area contributed by atoms with E-state index in [9.17, 15) is 29.1 Å². The zero-order chi connectivity index (χ0) is 30.9. The van der Waals surface area contributed by atoms with E-state index in [4.69, 9.17) is 9.47 Å². The molecule has 11 heteroatoms. The molecule has 1 aliphatic heterocycles. The number of nitrogens with one attached hydrogen (secondary N) is 1. The van der Waals surface area contributed by atoms with Crippen LogP contribution in [0.2, 0.25) is 0 Å². The third kappa shape index (κ3) is 9.32. The average Bonchev–Trinajstić information content (AvgIpc) is 3.44. The number of carbonyl (C=O) groups is 5. The Morgan fingerprint density at radius 3 is 2.17 bits per heavy atom. The predicted molar refractivity (Wildman–Crippen MR) is 153 cm³/mol. The number of likely N-dealkylation sites (tertiary alicyclic amines) is 1. The molecule has 2 aromatic carbocycles. The van der Waals surface area contributed by atoms with Crippen LogP contribution >= 0.6 is 0 Å². The first-order valence-electron chi connectivity index (χ1n) is 13.9. The fraction of sp³-hybridized carbons (Fsp3) is 0.452. The van der Waals surface area contributed by atoms with Crippen LogP contribution in [0.15, 0.2) is 60.7 Å². The van der Waals surface area contributed by atoms with E-state index in [0.29, 0.717) is 18.4 Å². The second-order valence-corrected chi connectivity index (χ2v) is 11.2. The number of ketones is 1. The van der Waals surface area contributed by atoms with Crippen molar-refractivity contribution in [1.82, 2.24) is 15.1 Å². The van der Waals surface area contributed by atoms with Gasteiger partial charge in [-0.1, -0.05) is 60.7 Å². The topological polar surface area (TPSA) is 143 Å². The van der Waals surface area contributed by atoms with Gasteiger partial charge in [0.05, 0.1) is 12.6 Å². The molecule has 226 valence electrons. The fourth-order valence-corrected chi connectivity index (χ4v) is 4.65. The molecular formula is C31H39N3O8. The second kappa shape index (κ2) is 14.5. The van der Waals surface area contributed by atoms with Crippen molar-refractivity contribution < 1.29 is 38.6 Å². The number of benzene rings is 2. The lowest BCUT2D eigenvalue weighted by Crippen LogP contribution is -2.55. The SMILES string of the molecule is C[C@@H](C(=O)N1CCC[C@H]1C(=O)O)N(CC(=O)C(Cc1ccccc1)NC(=O)OC(C)(C)C)C(=O)OCc1ccccc1. The highest BCUT2D eigenvalue weighted by atomic mass is 16.6. The summed E-state index contributed by atoms with van der Waals surface area (Å²) >= 11 is 0. The molecule has 2 aromatic rings. The van der Waals surface area contributed by atoms with Crippen LogP contribution in [0.25, 0.3) is 0 Å². The minimum Gasteiger partial charge on any atom is -0.480 e. The van der Waals surface area contributed by atoms with Gasteiger partial charge in [-0.25, -0.2) is 14.4 Å². The van der Waals surface area contributed by atoms with Gasteiger partial charge in [-0.3, -0.25) is 14.5 Å². The number of carboxylic acid groups (broad SMARTS) is 1. The number of alkyl carbamates (subject to hydrolysis) is 1. The maximum atomic E-state index is 13.7. The van der Waals surface area contributed by atoms with E-state index in [1.807, 2.05) is 12.1 Å². The van der Waals surface area contributed by atoms with E-state index in [-0.39, 0.29) is 19.6 Å².